The summed E-state index contributed by atoms with van der Waals surface area (Å²) in [6.45, 7) is 6.81. The van der Waals surface area contributed by atoms with Crippen LogP contribution in [0.3, 0.4) is 0 Å². The summed E-state index contributed by atoms with van der Waals surface area (Å²) < 4.78 is 0. The highest BCUT2D eigenvalue weighted by molar-refractivity contribution is 7.21. The Hall–Kier alpha value is -2.64. The maximum absolute atomic E-state index is 12.9. The van der Waals surface area contributed by atoms with Crippen LogP contribution >= 0.6 is 11.3 Å². The third-order valence-electron chi connectivity index (χ3n) is 6.48. The van der Waals surface area contributed by atoms with Gasteiger partial charge < -0.3 is 21.3 Å². The Morgan fingerprint density at radius 1 is 1.19 bits per heavy atom. The van der Waals surface area contributed by atoms with Crippen LogP contribution in [0, 0.1) is 6.92 Å². The van der Waals surface area contributed by atoms with Gasteiger partial charge in [0.15, 0.2) is 0 Å². The van der Waals surface area contributed by atoms with Crippen LogP contribution < -0.4 is 21.3 Å². The number of carbonyl (C=O) groups is 1. The van der Waals surface area contributed by atoms with Crippen molar-refractivity contribution in [2.24, 2.45) is 0 Å². The van der Waals surface area contributed by atoms with Gasteiger partial charge in [-0.1, -0.05) is 12.1 Å². The first kappa shape index (κ1) is 20.3. The van der Waals surface area contributed by atoms with Crippen molar-refractivity contribution in [3.8, 4) is 0 Å². The summed E-state index contributed by atoms with van der Waals surface area (Å²) in [7, 11) is 0. The van der Waals surface area contributed by atoms with Crippen molar-refractivity contribution in [3.63, 3.8) is 0 Å². The van der Waals surface area contributed by atoms with E-state index >= 15 is 0 Å². The van der Waals surface area contributed by atoms with Gasteiger partial charge in [0, 0.05) is 49.5 Å². The molecule has 7 heteroatoms. The molecule has 0 atom stereocenters. The molecule has 1 aliphatic heterocycles. The molecule has 31 heavy (non-hydrogen) atoms. The lowest BCUT2D eigenvalue weighted by molar-refractivity contribution is 0.0959. The van der Waals surface area contributed by atoms with Crippen LogP contribution in [0.1, 0.15) is 38.5 Å². The minimum atomic E-state index is -0.0951. The fraction of sp³-hybridized carbons (Fsp3) is 0.417. The Labute approximate surface area is 186 Å². The van der Waals surface area contributed by atoms with Gasteiger partial charge in [0.25, 0.3) is 5.91 Å². The van der Waals surface area contributed by atoms with E-state index < -0.39 is 0 Å². The number of hydrogen-bond donors (Lipinski definition) is 3. The smallest absolute Gasteiger partial charge is 0.263 e. The standard InChI is InChI=1S/C24H29N5OS/c1-15-18-3-2-4-19(18)20-21(25)22(31-24(20)28-15)23(30)27-10-9-16-5-7-17(8-6-16)29-13-11-26-12-14-29/h5-8,26H,2-4,9-14,25H2,1H3,(H,27,30). The van der Waals surface area contributed by atoms with Crippen LogP contribution in [0.5, 0.6) is 0 Å². The number of piperazine rings is 1. The molecule has 5 rings (SSSR count). The molecule has 2 aromatic heterocycles. The van der Waals surface area contributed by atoms with Gasteiger partial charge in [-0.15, -0.1) is 11.3 Å². The monoisotopic (exact) mass is 435 g/mol. The Balaban J connectivity index is 1.24. The topological polar surface area (TPSA) is 83.3 Å². The average Bonchev–Trinajstić information content (AvgIpc) is 3.40. The summed E-state index contributed by atoms with van der Waals surface area (Å²) in [5.41, 5.74) is 13.2. The number of anilines is 2. The van der Waals surface area contributed by atoms with Crippen molar-refractivity contribution in [2.75, 3.05) is 43.4 Å². The molecule has 1 saturated heterocycles. The number of fused-ring (bicyclic) bond motifs is 3. The average molecular weight is 436 g/mol. The molecule has 1 aromatic carbocycles. The van der Waals surface area contributed by atoms with Crippen LogP contribution in [0.25, 0.3) is 10.2 Å². The van der Waals surface area contributed by atoms with Crippen molar-refractivity contribution < 1.29 is 4.79 Å². The number of amides is 1. The number of carbonyl (C=O) groups excluding carboxylic acids is 1. The van der Waals surface area contributed by atoms with E-state index in [1.807, 2.05) is 0 Å². The Bertz CT molecular complexity index is 1120. The number of aromatic nitrogens is 1. The number of nitrogen functional groups attached to an aromatic ring is 1. The molecule has 1 amide bonds. The van der Waals surface area contributed by atoms with E-state index in [0.29, 0.717) is 17.1 Å². The first-order chi connectivity index (χ1) is 15.1. The van der Waals surface area contributed by atoms with Crippen LogP contribution in [-0.2, 0) is 19.3 Å². The van der Waals surface area contributed by atoms with Gasteiger partial charge in [0.1, 0.15) is 9.71 Å². The zero-order valence-corrected chi connectivity index (χ0v) is 18.8. The molecule has 162 valence electrons. The van der Waals surface area contributed by atoms with E-state index in [1.54, 1.807) is 0 Å². The van der Waals surface area contributed by atoms with E-state index in [2.05, 4.69) is 46.7 Å². The van der Waals surface area contributed by atoms with Crippen LogP contribution in [0.15, 0.2) is 24.3 Å². The van der Waals surface area contributed by atoms with Crippen molar-refractivity contribution >= 4 is 38.8 Å². The number of benzene rings is 1. The van der Waals surface area contributed by atoms with Crippen molar-refractivity contribution in [2.45, 2.75) is 32.6 Å². The lowest BCUT2D eigenvalue weighted by Gasteiger charge is -2.29. The molecule has 3 heterocycles. The molecule has 0 radical (unpaired) electrons. The summed E-state index contributed by atoms with van der Waals surface area (Å²) >= 11 is 1.42. The third-order valence-corrected chi connectivity index (χ3v) is 7.57. The molecule has 2 aliphatic rings. The second-order valence-electron chi connectivity index (χ2n) is 8.44. The molecule has 3 aromatic rings. The fourth-order valence-corrected chi connectivity index (χ4v) is 5.89. The van der Waals surface area contributed by atoms with Crippen LogP contribution in [0.4, 0.5) is 11.4 Å². The highest BCUT2D eigenvalue weighted by Gasteiger charge is 2.24. The number of thiophene rings is 1. The van der Waals surface area contributed by atoms with Gasteiger partial charge in [-0.05, 0) is 61.4 Å². The van der Waals surface area contributed by atoms with Crippen LogP contribution in [0.2, 0.25) is 0 Å². The lowest BCUT2D eigenvalue weighted by atomic mass is 10.1. The van der Waals surface area contributed by atoms with Gasteiger partial charge >= 0.3 is 0 Å². The highest BCUT2D eigenvalue weighted by Crippen LogP contribution is 2.40. The summed E-state index contributed by atoms with van der Waals surface area (Å²) in [4.78, 5) is 21.5. The predicted molar refractivity (Wildman–Crippen MR) is 128 cm³/mol. The van der Waals surface area contributed by atoms with Crippen molar-refractivity contribution in [3.05, 3.63) is 51.5 Å². The van der Waals surface area contributed by atoms with Gasteiger partial charge in [-0.2, -0.15) is 0 Å². The van der Waals surface area contributed by atoms with E-state index in [-0.39, 0.29) is 5.91 Å². The molecule has 6 nitrogen and oxygen atoms in total. The van der Waals surface area contributed by atoms with E-state index in [9.17, 15) is 4.79 Å². The number of nitrogens with zero attached hydrogens (tertiary/aromatic N) is 2. The SMILES string of the molecule is Cc1nc2sc(C(=O)NCCc3ccc(N4CCNCC4)cc3)c(N)c2c2c1CCC2. The summed E-state index contributed by atoms with van der Waals surface area (Å²) in [6.07, 6.45) is 4.03. The lowest BCUT2D eigenvalue weighted by Crippen LogP contribution is -2.43. The Morgan fingerprint density at radius 2 is 1.94 bits per heavy atom. The Morgan fingerprint density at radius 3 is 2.71 bits per heavy atom. The number of nitrogens with two attached hydrogens (primary N) is 1. The van der Waals surface area contributed by atoms with Gasteiger partial charge in [-0.25, -0.2) is 4.98 Å². The van der Waals surface area contributed by atoms with E-state index in [0.717, 1.165) is 67.8 Å². The highest BCUT2D eigenvalue weighted by atomic mass is 32.1. The second kappa shape index (κ2) is 8.48. The predicted octanol–water partition coefficient (Wildman–Crippen LogP) is 3.06. The molecular weight excluding hydrogens is 406 g/mol. The largest absolute Gasteiger partial charge is 0.397 e. The van der Waals surface area contributed by atoms with E-state index in [4.69, 9.17) is 10.7 Å². The van der Waals surface area contributed by atoms with Gasteiger partial charge in [0.05, 0.1) is 5.69 Å². The minimum absolute atomic E-state index is 0.0951. The summed E-state index contributed by atoms with van der Waals surface area (Å²) in [6, 6.07) is 8.68. The molecule has 4 N–H and O–H groups in total. The third kappa shape index (κ3) is 3.88. The molecule has 1 aliphatic carbocycles. The molecule has 0 spiro atoms. The molecule has 0 saturated carbocycles. The molecule has 0 bridgehead atoms. The number of aryl methyl sites for hydroxylation is 2. The van der Waals surface area contributed by atoms with Crippen molar-refractivity contribution in [1.82, 2.24) is 15.6 Å². The quantitative estimate of drug-likeness (QED) is 0.574. The van der Waals surface area contributed by atoms with Crippen LogP contribution in [-0.4, -0.2) is 43.6 Å². The minimum Gasteiger partial charge on any atom is -0.397 e. The fourth-order valence-electron chi connectivity index (χ4n) is 4.81. The van der Waals surface area contributed by atoms with E-state index in [1.165, 1.54) is 33.7 Å². The van der Waals surface area contributed by atoms with Crippen molar-refractivity contribution in [1.29, 1.82) is 0 Å². The molecule has 1 fully saturated rings. The number of pyridine rings is 1. The zero-order chi connectivity index (χ0) is 21.4. The number of nitrogens with one attached hydrogen (secondary N) is 2. The summed E-state index contributed by atoms with van der Waals surface area (Å²) in [5.74, 6) is -0.0951. The Kier molecular flexibility index (Phi) is 5.54. The second-order valence-corrected chi connectivity index (χ2v) is 9.44. The maximum Gasteiger partial charge on any atom is 0.263 e. The summed E-state index contributed by atoms with van der Waals surface area (Å²) in [5, 5.41) is 7.45. The molecule has 0 unspecified atom stereocenters. The zero-order valence-electron chi connectivity index (χ0n) is 18.0. The first-order valence-corrected chi connectivity index (χ1v) is 12.0. The van der Waals surface area contributed by atoms with Gasteiger partial charge in [0.2, 0.25) is 0 Å². The first-order valence-electron chi connectivity index (χ1n) is 11.1. The molecular formula is C24H29N5OS. The number of rotatable bonds is 5. The normalized spacial score (nSPS) is 16.0. The maximum atomic E-state index is 12.9. The number of hydrogen-bond acceptors (Lipinski definition) is 6. The van der Waals surface area contributed by atoms with Gasteiger partial charge in [-0.3, -0.25) is 4.79 Å².